The van der Waals surface area contributed by atoms with Gasteiger partial charge in [0.25, 0.3) is 5.91 Å². The minimum Gasteiger partial charge on any atom is -0.439 e. The van der Waals surface area contributed by atoms with Gasteiger partial charge >= 0.3 is 0 Å². The Balaban J connectivity index is 1.15. The van der Waals surface area contributed by atoms with Gasteiger partial charge in [0.2, 0.25) is 11.8 Å². The number of aromatic nitrogens is 2. The SMILES string of the molecule is N#CC1(c2cccc(C(=O)Nc3cccc(Oc4ccc5nc(NC(=O)C6CC6)sc5n4)c3)c2)CC1. The van der Waals surface area contributed by atoms with Gasteiger partial charge in [-0.3, -0.25) is 9.59 Å². The lowest BCUT2D eigenvalue weighted by atomic mass is 9.96. The summed E-state index contributed by atoms with van der Waals surface area (Å²) in [5.74, 6) is 0.754. The van der Waals surface area contributed by atoms with E-state index < -0.39 is 5.41 Å². The molecule has 2 heterocycles. The Labute approximate surface area is 211 Å². The van der Waals surface area contributed by atoms with Crippen molar-refractivity contribution in [3.63, 3.8) is 0 Å². The fourth-order valence-corrected chi connectivity index (χ4v) is 4.81. The molecule has 0 unspecified atom stereocenters. The first kappa shape index (κ1) is 22.2. The highest BCUT2D eigenvalue weighted by atomic mass is 32.1. The van der Waals surface area contributed by atoms with Crippen LogP contribution in [0.2, 0.25) is 0 Å². The van der Waals surface area contributed by atoms with E-state index in [-0.39, 0.29) is 17.7 Å². The molecule has 36 heavy (non-hydrogen) atoms. The number of nitrogens with zero attached hydrogens (tertiary/aromatic N) is 3. The Morgan fingerprint density at radius 2 is 1.86 bits per heavy atom. The van der Waals surface area contributed by atoms with E-state index in [2.05, 4.69) is 26.7 Å². The molecule has 0 aliphatic heterocycles. The predicted octanol–water partition coefficient (Wildman–Crippen LogP) is 5.64. The maximum atomic E-state index is 12.9. The van der Waals surface area contributed by atoms with Crippen molar-refractivity contribution in [2.24, 2.45) is 5.92 Å². The summed E-state index contributed by atoms with van der Waals surface area (Å²) in [6, 6.07) is 20.2. The van der Waals surface area contributed by atoms with Gasteiger partial charge in [0, 0.05) is 29.3 Å². The van der Waals surface area contributed by atoms with E-state index >= 15 is 0 Å². The van der Waals surface area contributed by atoms with E-state index in [0.717, 1.165) is 31.2 Å². The van der Waals surface area contributed by atoms with Gasteiger partial charge in [-0.15, -0.1) is 0 Å². The molecule has 2 aliphatic carbocycles. The molecule has 0 bridgehead atoms. The molecule has 4 aromatic rings. The highest BCUT2D eigenvalue weighted by molar-refractivity contribution is 7.21. The van der Waals surface area contributed by atoms with Crippen molar-refractivity contribution < 1.29 is 14.3 Å². The van der Waals surface area contributed by atoms with Crippen LogP contribution < -0.4 is 15.4 Å². The minimum atomic E-state index is -0.445. The van der Waals surface area contributed by atoms with Crippen molar-refractivity contribution in [3.8, 4) is 17.7 Å². The number of thiazole rings is 1. The molecule has 0 spiro atoms. The van der Waals surface area contributed by atoms with E-state index in [9.17, 15) is 14.9 Å². The summed E-state index contributed by atoms with van der Waals surface area (Å²) in [5.41, 5.74) is 2.20. The molecule has 8 nitrogen and oxygen atoms in total. The average molecular weight is 496 g/mol. The summed E-state index contributed by atoms with van der Waals surface area (Å²) >= 11 is 1.30. The number of ether oxygens (including phenoxy) is 1. The van der Waals surface area contributed by atoms with Crippen LogP contribution in [0.1, 0.15) is 41.6 Å². The van der Waals surface area contributed by atoms with Gasteiger partial charge in [0.1, 0.15) is 16.1 Å². The number of nitriles is 1. The standard InChI is InChI=1S/C27H21N5O3S/c28-15-27(11-12-27)18-4-1-3-17(13-18)24(34)29-19-5-2-6-20(14-19)35-22-10-9-21-25(31-22)36-26(30-21)32-23(33)16-7-8-16/h1-6,9-10,13-14,16H,7-8,11-12H2,(H,29,34)(H,30,32,33). The van der Waals surface area contributed by atoms with Crippen LogP contribution in [0.4, 0.5) is 10.8 Å². The molecule has 178 valence electrons. The maximum Gasteiger partial charge on any atom is 0.255 e. The molecule has 0 radical (unpaired) electrons. The predicted molar refractivity (Wildman–Crippen MR) is 136 cm³/mol. The smallest absolute Gasteiger partial charge is 0.255 e. The summed E-state index contributed by atoms with van der Waals surface area (Å²) in [5, 5.41) is 15.7. The van der Waals surface area contributed by atoms with E-state index in [0.29, 0.717) is 38.4 Å². The number of hydrogen-bond acceptors (Lipinski definition) is 7. The minimum absolute atomic E-state index is 0.00762. The largest absolute Gasteiger partial charge is 0.439 e. The number of amides is 2. The van der Waals surface area contributed by atoms with Crippen LogP contribution in [0, 0.1) is 17.2 Å². The van der Waals surface area contributed by atoms with Crippen LogP contribution in [-0.4, -0.2) is 21.8 Å². The quantitative estimate of drug-likeness (QED) is 0.343. The van der Waals surface area contributed by atoms with Gasteiger partial charge in [-0.25, -0.2) is 9.97 Å². The third-order valence-corrected chi connectivity index (χ3v) is 7.24. The molecule has 9 heteroatoms. The molecule has 2 N–H and O–H groups in total. The highest BCUT2D eigenvalue weighted by Crippen LogP contribution is 2.47. The second-order valence-electron chi connectivity index (χ2n) is 9.12. The number of fused-ring (bicyclic) bond motifs is 1. The highest BCUT2D eigenvalue weighted by Gasteiger charge is 2.45. The zero-order chi connectivity index (χ0) is 24.7. The number of benzene rings is 2. The molecule has 2 fully saturated rings. The Morgan fingerprint density at radius 3 is 2.64 bits per heavy atom. The Hall–Kier alpha value is -4.29. The normalized spacial score (nSPS) is 15.6. The second kappa shape index (κ2) is 8.73. The number of hydrogen-bond donors (Lipinski definition) is 2. The molecule has 0 atom stereocenters. The number of carbonyl (C=O) groups excluding carboxylic acids is 2. The van der Waals surface area contributed by atoms with Crippen LogP contribution in [0.25, 0.3) is 10.3 Å². The van der Waals surface area contributed by atoms with Gasteiger partial charge in [-0.2, -0.15) is 5.26 Å². The first-order chi connectivity index (χ1) is 17.5. The molecule has 2 aromatic carbocycles. The zero-order valence-electron chi connectivity index (χ0n) is 19.2. The topological polar surface area (TPSA) is 117 Å². The van der Waals surface area contributed by atoms with Gasteiger partial charge in [0.05, 0.1) is 11.5 Å². The Bertz CT molecular complexity index is 1550. The first-order valence-electron chi connectivity index (χ1n) is 11.7. The molecule has 2 amide bonds. The number of nitrogens with one attached hydrogen (secondary N) is 2. The van der Waals surface area contributed by atoms with Crippen LogP contribution in [0.15, 0.2) is 60.7 Å². The third-order valence-electron chi connectivity index (χ3n) is 6.36. The van der Waals surface area contributed by atoms with Crippen LogP contribution >= 0.6 is 11.3 Å². The molecular formula is C27H21N5O3S. The molecular weight excluding hydrogens is 474 g/mol. The van der Waals surface area contributed by atoms with E-state index in [1.165, 1.54) is 11.3 Å². The lowest BCUT2D eigenvalue weighted by Gasteiger charge is -2.10. The molecule has 2 aliphatic rings. The molecule has 6 rings (SSSR count). The van der Waals surface area contributed by atoms with Gasteiger partial charge < -0.3 is 15.4 Å². The lowest BCUT2D eigenvalue weighted by molar-refractivity contribution is -0.117. The maximum absolute atomic E-state index is 12.9. The number of carbonyl (C=O) groups is 2. The van der Waals surface area contributed by atoms with Crippen molar-refractivity contribution in [2.45, 2.75) is 31.1 Å². The molecule has 2 aromatic heterocycles. The van der Waals surface area contributed by atoms with Crippen LogP contribution in [-0.2, 0) is 10.2 Å². The summed E-state index contributed by atoms with van der Waals surface area (Å²) in [6.07, 6.45) is 3.51. The Morgan fingerprint density at radius 1 is 1.03 bits per heavy atom. The summed E-state index contributed by atoms with van der Waals surface area (Å²) < 4.78 is 5.93. The Kier molecular flexibility index (Phi) is 5.38. The molecule has 2 saturated carbocycles. The number of pyridine rings is 1. The van der Waals surface area contributed by atoms with E-state index in [1.54, 1.807) is 48.5 Å². The van der Waals surface area contributed by atoms with Crippen molar-refractivity contribution in [1.82, 2.24) is 9.97 Å². The first-order valence-corrected chi connectivity index (χ1v) is 12.5. The van der Waals surface area contributed by atoms with Gasteiger partial charge in [-0.05, 0) is 61.6 Å². The lowest BCUT2D eigenvalue weighted by Crippen LogP contribution is -2.13. The van der Waals surface area contributed by atoms with Crippen molar-refractivity contribution >= 4 is 44.3 Å². The van der Waals surface area contributed by atoms with Gasteiger partial charge in [-0.1, -0.05) is 29.5 Å². The third kappa shape index (κ3) is 4.51. The van der Waals surface area contributed by atoms with Crippen LogP contribution in [0.3, 0.4) is 0 Å². The van der Waals surface area contributed by atoms with Gasteiger partial charge in [0.15, 0.2) is 5.13 Å². The second-order valence-corrected chi connectivity index (χ2v) is 10.1. The summed E-state index contributed by atoms with van der Waals surface area (Å²) in [7, 11) is 0. The summed E-state index contributed by atoms with van der Waals surface area (Å²) in [4.78, 5) is 34.5. The molecule has 0 saturated heterocycles. The average Bonchev–Trinajstić information content (AvgIpc) is 3.81. The van der Waals surface area contributed by atoms with Crippen LogP contribution in [0.5, 0.6) is 11.6 Å². The van der Waals surface area contributed by atoms with Crippen molar-refractivity contribution in [2.75, 3.05) is 10.6 Å². The monoisotopic (exact) mass is 495 g/mol. The van der Waals surface area contributed by atoms with Crippen molar-refractivity contribution in [1.29, 1.82) is 5.26 Å². The van der Waals surface area contributed by atoms with E-state index in [1.807, 2.05) is 12.1 Å². The van der Waals surface area contributed by atoms with Crippen molar-refractivity contribution in [3.05, 3.63) is 71.8 Å². The zero-order valence-corrected chi connectivity index (χ0v) is 20.0. The fourth-order valence-electron chi connectivity index (χ4n) is 3.97. The number of rotatable bonds is 7. The summed E-state index contributed by atoms with van der Waals surface area (Å²) in [6.45, 7) is 0. The fraction of sp³-hybridized carbons (Fsp3) is 0.222. The van der Waals surface area contributed by atoms with E-state index in [4.69, 9.17) is 4.74 Å². The number of anilines is 2.